The van der Waals surface area contributed by atoms with Crippen LogP contribution in [0, 0.1) is 0 Å². The summed E-state index contributed by atoms with van der Waals surface area (Å²) in [6, 6.07) is 0. The number of hydrogen-bond acceptors (Lipinski definition) is 9. The van der Waals surface area contributed by atoms with E-state index in [9.17, 15) is 24.0 Å². The summed E-state index contributed by atoms with van der Waals surface area (Å²) in [7, 11) is 0. The Morgan fingerprint density at radius 1 is 1.04 bits per heavy atom. The summed E-state index contributed by atoms with van der Waals surface area (Å²) in [6.07, 6.45) is -3.31. The highest BCUT2D eigenvalue weighted by Crippen LogP contribution is 2.36. The molecule has 11 nitrogen and oxygen atoms in total. The molecular formula is C15H18N2O9. The molecule has 0 bridgehead atoms. The number of aromatic amines is 2. The van der Waals surface area contributed by atoms with Crippen LogP contribution in [-0.2, 0) is 33.3 Å². The predicted octanol–water partition coefficient (Wildman–Crippen LogP) is -1.07. The molecule has 1 saturated heterocycles. The molecule has 11 heteroatoms. The standard InChI is InChI=1S/C15H18N2O9/c1-6(18)23-5-10-12(24-7(2)19)13(25-8(3)20)11(26-10)9-4-16-15(22)17-14(9)21/h4,10-13H,5H2,1-3H3,(H2,16,17,21,22)/t10-,11+,12-,13-/m1/s1. The summed E-state index contributed by atoms with van der Waals surface area (Å²) in [6.45, 7) is 3.18. The number of carbonyl (C=O) groups excluding carboxylic acids is 3. The van der Waals surface area contributed by atoms with Crippen molar-refractivity contribution >= 4 is 17.9 Å². The highest BCUT2D eigenvalue weighted by Gasteiger charge is 2.51. The van der Waals surface area contributed by atoms with Crippen LogP contribution >= 0.6 is 0 Å². The van der Waals surface area contributed by atoms with E-state index in [1.165, 1.54) is 6.92 Å². The molecule has 26 heavy (non-hydrogen) atoms. The van der Waals surface area contributed by atoms with Crippen LogP contribution in [0.1, 0.15) is 32.4 Å². The second-order valence-corrected chi connectivity index (χ2v) is 5.57. The van der Waals surface area contributed by atoms with Crippen molar-refractivity contribution < 1.29 is 33.3 Å². The van der Waals surface area contributed by atoms with E-state index in [4.69, 9.17) is 18.9 Å². The second kappa shape index (κ2) is 7.95. The molecule has 1 aliphatic heterocycles. The molecule has 0 aromatic carbocycles. The van der Waals surface area contributed by atoms with Crippen molar-refractivity contribution in [3.8, 4) is 0 Å². The lowest BCUT2D eigenvalue weighted by Gasteiger charge is -2.23. The summed E-state index contributed by atoms with van der Waals surface area (Å²) >= 11 is 0. The van der Waals surface area contributed by atoms with Crippen molar-refractivity contribution in [2.45, 2.75) is 45.2 Å². The van der Waals surface area contributed by atoms with Crippen LogP contribution in [0.3, 0.4) is 0 Å². The van der Waals surface area contributed by atoms with Crippen molar-refractivity contribution in [2.75, 3.05) is 6.61 Å². The van der Waals surface area contributed by atoms with Gasteiger partial charge in [0, 0.05) is 27.0 Å². The number of carbonyl (C=O) groups is 3. The first-order valence-electron chi connectivity index (χ1n) is 7.64. The van der Waals surface area contributed by atoms with Gasteiger partial charge in [0.2, 0.25) is 0 Å². The zero-order valence-electron chi connectivity index (χ0n) is 14.3. The maximum Gasteiger partial charge on any atom is 0.325 e. The molecule has 0 radical (unpaired) electrons. The summed E-state index contributed by atoms with van der Waals surface area (Å²) in [5.41, 5.74) is -1.53. The summed E-state index contributed by atoms with van der Waals surface area (Å²) < 4.78 is 20.9. The van der Waals surface area contributed by atoms with Crippen LogP contribution in [0.2, 0.25) is 0 Å². The molecule has 1 aliphatic rings. The third-order valence-corrected chi connectivity index (χ3v) is 3.52. The minimum atomic E-state index is -1.18. The summed E-state index contributed by atoms with van der Waals surface area (Å²) in [5, 5.41) is 0. The summed E-state index contributed by atoms with van der Waals surface area (Å²) in [5.74, 6) is -1.97. The highest BCUT2D eigenvalue weighted by molar-refractivity contribution is 5.68. The van der Waals surface area contributed by atoms with Crippen molar-refractivity contribution in [1.82, 2.24) is 9.97 Å². The first-order valence-corrected chi connectivity index (χ1v) is 7.64. The van der Waals surface area contributed by atoms with Crippen LogP contribution in [0.4, 0.5) is 0 Å². The number of esters is 3. The lowest BCUT2D eigenvalue weighted by molar-refractivity contribution is -0.165. The SMILES string of the molecule is CC(=O)OC[C@H]1O[C@@H](c2c[nH]c(=O)[nH]c2=O)[C@@H](OC(C)=O)[C@@H]1OC(C)=O. The Kier molecular flexibility index (Phi) is 5.93. The van der Waals surface area contributed by atoms with E-state index in [2.05, 4.69) is 4.98 Å². The van der Waals surface area contributed by atoms with E-state index in [0.29, 0.717) is 0 Å². The first-order chi connectivity index (χ1) is 12.2. The molecule has 2 N–H and O–H groups in total. The van der Waals surface area contributed by atoms with Gasteiger partial charge in [-0.25, -0.2) is 4.79 Å². The van der Waals surface area contributed by atoms with Gasteiger partial charge in [0.05, 0.1) is 5.56 Å². The maximum absolute atomic E-state index is 12.1. The molecule has 1 aromatic rings. The van der Waals surface area contributed by atoms with Crippen LogP contribution in [0.25, 0.3) is 0 Å². The van der Waals surface area contributed by atoms with Gasteiger partial charge < -0.3 is 23.9 Å². The minimum absolute atomic E-state index is 0.0432. The molecule has 0 amide bonds. The average molecular weight is 370 g/mol. The zero-order valence-corrected chi connectivity index (χ0v) is 14.3. The Bertz CT molecular complexity index is 812. The van der Waals surface area contributed by atoms with Gasteiger partial charge in [-0.15, -0.1) is 0 Å². The molecule has 0 unspecified atom stereocenters. The molecule has 0 spiro atoms. The van der Waals surface area contributed by atoms with Crippen LogP contribution in [0.15, 0.2) is 15.8 Å². The van der Waals surface area contributed by atoms with E-state index in [-0.39, 0.29) is 12.2 Å². The second-order valence-electron chi connectivity index (χ2n) is 5.57. The van der Waals surface area contributed by atoms with Crippen molar-refractivity contribution in [2.24, 2.45) is 0 Å². The molecule has 0 saturated carbocycles. The lowest BCUT2D eigenvalue weighted by Crippen LogP contribution is -2.40. The molecular weight excluding hydrogens is 352 g/mol. The maximum atomic E-state index is 12.1. The van der Waals surface area contributed by atoms with E-state index in [0.717, 1.165) is 20.0 Å². The molecule has 4 atom stereocenters. The normalized spacial score (nSPS) is 24.7. The monoisotopic (exact) mass is 370 g/mol. The van der Waals surface area contributed by atoms with Crippen LogP contribution in [-0.4, -0.2) is 52.8 Å². The van der Waals surface area contributed by atoms with Crippen LogP contribution in [0.5, 0.6) is 0 Å². The van der Waals surface area contributed by atoms with Gasteiger partial charge in [-0.3, -0.25) is 24.2 Å². The predicted molar refractivity (Wildman–Crippen MR) is 83.0 cm³/mol. The average Bonchev–Trinajstić information content (AvgIpc) is 2.82. The van der Waals surface area contributed by atoms with Gasteiger partial charge in [-0.2, -0.15) is 0 Å². The van der Waals surface area contributed by atoms with E-state index in [1.54, 1.807) is 0 Å². The minimum Gasteiger partial charge on any atom is -0.463 e. The van der Waals surface area contributed by atoms with E-state index < -0.39 is 53.6 Å². The number of hydrogen-bond donors (Lipinski definition) is 2. The molecule has 0 aliphatic carbocycles. The summed E-state index contributed by atoms with van der Waals surface area (Å²) in [4.78, 5) is 61.6. The fraction of sp³-hybridized carbons (Fsp3) is 0.533. The fourth-order valence-corrected chi connectivity index (χ4v) is 2.60. The fourth-order valence-electron chi connectivity index (χ4n) is 2.60. The zero-order chi connectivity index (χ0) is 19.4. The third-order valence-electron chi connectivity index (χ3n) is 3.52. The van der Waals surface area contributed by atoms with Gasteiger partial charge in [0.1, 0.15) is 18.8 Å². The largest absolute Gasteiger partial charge is 0.463 e. The molecule has 2 heterocycles. The van der Waals surface area contributed by atoms with Crippen molar-refractivity contribution in [3.05, 3.63) is 32.6 Å². The van der Waals surface area contributed by atoms with Gasteiger partial charge in [-0.1, -0.05) is 0 Å². The number of H-pyrrole nitrogens is 2. The van der Waals surface area contributed by atoms with Gasteiger partial charge in [-0.05, 0) is 0 Å². The Morgan fingerprint density at radius 3 is 2.19 bits per heavy atom. The quantitative estimate of drug-likeness (QED) is 0.487. The number of rotatable bonds is 5. The van der Waals surface area contributed by atoms with Gasteiger partial charge in [0.25, 0.3) is 5.56 Å². The van der Waals surface area contributed by atoms with Crippen LogP contribution < -0.4 is 11.2 Å². The van der Waals surface area contributed by atoms with Gasteiger partial charge in [0.15, 0.2) is 12.2 Å². The smallest absolute Gasteiger partial charge is 0.325 e. The molecule has 2 rings (SSSR count). The van der Waals surface area contributed by atoms with E-state index in [1.807, 2.05) is 4.98 Å². The Hall–Kier alpha value is -2.95. The number of nitrogens with one attached hydrogen (secondary N) is 2. The van der Waals surface area contributed by atoms with Gasteiger partial charge >= 0.3 is 23.6 Å². The van der Waals surface area contributed by atoms with Crippen molar-refractivity contribution in [3.63, 3.8) is 0 Å². The number of ether oxygens (including phenoxy) is 4. The molecule has 1 aromatic heterocycles. The lowest BCUT2D eigenvalue weighted by atomic mass is 10.0. The number of aromatic nitrogens is 2. The third kappa shape index (κ3) is 4.57. The Morgan fingerprint density at radius 2 is 1.65 bits per heavy atom. The van der Waals surface area contributed by atoms with E-state index >= 15 is 0 Å². The topological polar surface area (TPSA) is 154 Å². The van der Waals surface area contributed by atoms with Crippen molar-refractivity contribution in [1.29, 1.82) is 0 Å². The highest BCUT2D eigenvalue weighted by atomic mass is 16.6. The Labute approximate surface area is 146 Å². The molecule has 142 valence electrons. The molecule has 1 fully saturated rings. The Balaban J connectivity index is 2.41. The first kappa shape index (κ1) is 19.4.